The number of hydrogen-bond donors (Lipinski definition) is 2. The number of methoxy groups -OCH3 is 1. The van der Waals surface area contributed by atoms with E-state index in [1.54, 1.807) is 0 Å². The molecule has 0 aromatic carbocycles. The smallest absolute Gasteiger partial charge is 0.323 e. The molecule has 2 saturated heterocycles. The van der Waals surface area contributed by atoms with E-state index in [1.165, 1.54) is 7.11 Å². The molecule has 88 valence electrons. The number of aliphatic hydroxyl groups excluding tert-OH is 1. The molecule has 0 aliphatic carbocycles. The van der Waals surface area contributed by atoms with Crippen LogP contribution in [0.25, 0.3) is 0 Å². The lowest BCUT2D eigenvalue weighted by Crippen LogP contribution is -2.59. The fourth-order valence-corrected chi connectivity index (χ4v) is 2.12. The number of carbonyl (C=O) groups is 1. The van der Waals surface area contributed by atoms with Crippen molar-refractivity contribution in [1.29, 1.82) is 0 Å². The number of halogens is 1. The highest BCUT2D eigenvalue weighted by molar-refractivity contribution is 5.85. The summed E-state index contributed by atoms with van der Waals surface area (Å²) in [6.07, 6.45) is 0.114. The van der Waals surface area contributed by atoms with Crippen molar-refractivity contribution in [3.8, 4) is 0 Å². The van der Waals surface area contributed by atoms with Crippen LogP contribution in [0.5, 0.6) is 0 Å². The molecule has 2 rings (SSSR count). The minimum Gasteiger partial charge on any atom is -0.468 e. The Morgan fingerprint density at radius 2 is 2.20 bits per heavy atom. The van der Waals surface area contributed by atoms with Crippen LogP contribution in [0.3, 0.4) is 0 Å². The van der Waals surface area contributed by atoms with Crippen molar-refractivity contribution >= 4 is 18.4 Å². The normalized spacial score (nSPS) is 31.9. The van der Waals surface area contributed by atoms with E-state index in [2.05, 4.69) is 5.32 Å². The lowest BCUT2D eigenvalue weighted by molar-refractivity contribution is -0.147. The van der Waals surface area contributed by atoms with Gasteiger partial charge in [-0.1, -0.05) is 0 Å². The van der Waals surface area contributed by atoms with Gasteiger partial charge in [0.05, 0.1) is 13.2 Å². The highest BCUT2D eigenvalue weighted by Gasteiger charge is 2.41. The van der Waals surface area contributed by atoms with Crippen LogP contribution >= 0.6 is 12.4 Å². The Balaban J connectivity index is 0.00000112. The minimum absolute atomic E-state index is 0. The van der Waals surface area contributed by atoms with Crippen molar-refractivity contribution < 1.29 is 14.6 Å². The first kappa shape index (κ1) is 12.7. The fraction of sp³-hybridized carbons (Fsp3) is 0.889. The molecule has 0 unspecified atom stereocenters. The van der Waals surface area contributed by atoms with E-state index in [0.717, 1.165) is 13.1 Å². The van der Waals surface area contributed by atoms with Gasteiger partial charge in [0.15, 0.2) is 0 Å². The van der Waals surface area contributed by atoms with Gasteiger partial charge in [-0.15, -0.1) is 12.4 Å². The zero-order valence-corrected chi connectivity index (χ0v) is 9.50. The molecule has 6 heteroatoms. The summed E-state index contributed by atoms with van der Waals surface area (Å²) in [5, 5.41) is 12.7. The summed E-state index contributed by atoms with van der Waals surface area (Å²) in [7, 11) is 1.39. The van der Waals surface area contributed by atoms with Crippen molar-refractivity contribution in [2.24, 2.45) is 0 Å². The number of hydrogen-bond acceptors (Lipinski definition) is 5. The molecule has 2 aliphatic heterocycles. The summed E-state index contributed by atoms with van der Waals surface area (Å²) in [5.74, 6) is -0.228. The number of aliphatic hydroxyl groups is 1. The summed E-state index contributed by atoms with van der Waals surface area (Å²) in [6.45, 7) is 2.40. The molecule has 0 aromatic rings. The second-order valence-corrected chi connectivity index (χ2v) is 3.94. The highest BCUT2D eigenvalue weighted by atomic mass is 35.5. The van der Waals surface area contributed by atoms with Crippen LogP contribution in [0.4, 0.5) is 0 Å². The standard InChI is InChI=1S/C9H16N2O3.ClH/c1-14-9(13)8-2-7(12)5-11(8)6-3-10-4-6;/h6-8,10,12H,2-5H2,1H3;1H/t7-,8+;/m1./s1. The number of nitrogens with zero attached hydrogens (tertiary/aromatic N) is 1. The molecule has 0 aromatic heterocycles. The SMILES string of the molecule is COC(=O)[C@@H]1C[C@@H](O)CN1C1CNC1.Cl. The first-order valence-corrected chi connectivity index (χ1v) is 4.94. The molecule has 0 amide bonds. The maximum Gasteiger partial charge on any atom is 0.323 e. The quantitative estimate of drug-likeness (QED) is 0.602. The Labute approximate surface area is 95.2 Å². The Hall–Kier alpha value is -0.360. The van der Waals surface area contributed by atoms with Crippen LogP contribution in [0.15, 0.2) is 0 Å². The lowest BCUT2D eigenvalue weighted by atomic mass is 10.1. The van der Waals surface area contributed by atoms with Crippen LogP contribution < -0.4 is 5.32 Å². The lowest BCUT2D eigenvalue weighted by Gasteiger charge is -2.38. The van der Waals surface area contributed by atoms with Crippen molar-refractivity contribution in [2.45, 2.75) is 24.6 Å². The monoisotopic (exact) mass is 236 g/mol. The van der Waals surface area contributed by atoms with E-state index >= 15 is 0 Å². The second-order valence-electron chi connectivity index (χ2n) is 3.94. The molecule has 0 radical (unpaired) electrons. The number of ether oxygens (including phenoxy) is 1. The topological polar surface area (TPSA) is 61.8 Å². The second kappa shape index (κ2) is 5.12. The third-order valence-corrected chi connectivity index (χ3v) is 3.02. The van der Waals surface area contributed by atoms with Gasteiger partial charge in [0.25, 0.3) is 0 Å². The average molecular weight is 237 g/mol. The zero-order valence-electron chi connectivity index (χ0n) is 8.68. The van der Waals surface area contributed by atoms with Gasteiger partial charge in [-0.2, -0.15) is 0 Å². The first-order chi connectivity index (χ1) is 6.72. The number of esters is 1. The maximum absolute atomic E-state index is 11.4. The van der Waals surface area contributed by atoms with E-state index in [0.29, 0.717) is 19.0 Å². The maximum atomic E-state index is 11.4. The minimum atomic E-state index is -0.389. The molecule has 0 bridgehead atoms. The van der Waals surface area contributed by atoms with E-state index in [4.69, 9.17) is 4.74 Å². The van der Waals surface area contributed by atoms with Crippen LogP contribution in [-0.4, -0.2) is 60.9 Å². The molecule has 2 heterocycles. The first-order valence-electron chi connectivity index (χ1n) is 4.94. The van der Waals surface area contributed by atoms with Gasteiger partial charge < -0.3 is 15.2 Å². The zero-order chi connectivity index (χ0) is 10.1. The van der Waals surface area contributed by atoms with Crippen molar-refractivity contribution in [1.82, 2.24) is 10.2 Å². The predicted molar refractivity (Wildman–Crippen MR) is 57.0 cm³/mol. The van der Waals surface area contributed by atoms with E-state index in [9.17, 15) is 9.90 Å². The third kappa shape index (κ3) is 2.42. The highest BCUT2D eigenvalue weighted by Crippen LogP contribution is 2.23. The summed E-state index contributed by atoms with van der Waals surface area (Å²) >= 11 is 0. The molecule has 2 fully saturated rings. The van der Waals surface area contributed by atoms with Crippen LogP contribution in [0, 0.1) is 0 Å². The number of nitrogens with one attached hydrogen (secondary N) is 1. The van der Waals surface area contributed by atoms with Gasteiger partial charge >= 0.3 is 5.97 Å². The molecule has 2 atom stereocenters. The number of rotatable bonds is 2. The van der Waals surface area contributed by atoms with Gasteiger partial charge in [0, 0.05) is 32.1 Å². The van der Waals surface area contributed by atoms with E-state index in [-0.39, 0.29) is 30.5 Å². The van der Waals surface area contributed by atoms with Gasteiger partial charge in [0.1, 0.15) is 6.04 Å². The van der Waals surface area contributed by atoms with E-state index in [1.807, 2.05) is 4.90 Å². The molecule has 0 saturated carbocycles. The Bertz CT molecular complexity index is 235. The Morgan fingerprint density at radius 3 is 2.67 bits per heavy atom. The van der Waals surface area contributed by atoms with Gasteiger partial charge in [-0.25, -0.2) is 0 Å². The van der Waals surface area contributed by atoms with Crippen LogP contribution in [0.2, 0.25) is 0 Å². The van der Waals surface area contributed by atoms with E-state index < -0.39 is 0 Å². The third-order valence-electron chi connectivity index (χ3n) is 3.02. The molecule has 0 spiro atoms. The summed E-state index contributed by atoms with van der Waals surface area (Å²) < 4.78 is 4.72. The largest absolute Gasteiger partial charge is 0.468 e. The predicted octanol–water partition coefficient (Wildman–Crippen LogP) is -1.01. The number of likely N-dealkylation sites (tertiary alicyclic amines) is 1. The van der Waals surface area contributed by atoms with Crippen LogP contribution in [-0.2, 0) is 9.53 Å². The molecular formula is C9H17ClN2O3. The summed E-state index contributed by atoms with van der Waals surface area (Å²) in [5.41, 5.74) is 0. The molecule has 5 nitrogen and oxygen atoms in total. The molecule has 2 N–H and O–H groups in total. The fourth-order valence-electron chi connectivity index (χ4n) is 2.12. The van der Waals surface area contributed by atoms with Gasteiger partial charge in [-0.05, 0) is 0 Å². The van der Waals surface area contributed by atoms with Gasteiger partial charge in [0.2, 0.25) is 0 Å². The summed E-state index contributed by atoms with van der Waals surface area (Å²) in [4.78, 5) is 13.5. The van der Waals surface area contributed by atoms with Crippen molar-refractivity contribution in [2.75, 3.05) is 26.7 Å². The number of carbonyl (C=O) groups excluding carboxylic acids is 1. The van der Waals surface area contributed by atoms with Crippen molar-refractivity contribution in [3.05, 3.63) is 0 Å². The Morgan fingerprint density at radius 1 is 1.53 bits per heavy atom. The Kier molecular flexibility index (Phi) is 4.33. The number of β-amino-alcohol motifs (C(OH)–C–C–N with tert-alkyl or cyclic N) is 1. The molecule has 15 heavy (non-hydrogen) atoms. The van der Waals surface area contributed by atoms with Crippen molar-refractivity contribution in [3.63, 3.8) is 0 Å². The molecular weight excluding hydrogens is 220 g/mol. The summed E-state index contributed by atoms with van der Waals surface area (Å²) in [6, 6.07) is 0.137. The molecule has 2 aliphatic rings. The van der Waals surface area contributed by atoms with Crippen LogP contribution in [0.1, 0.15) is 6.42 Å². The van der Waals surface area contributed by atoms with Gasteiger partial charge in [-0.3, -0.25) is 9.69 Å². The average Bonchev–Trinajstić information content (AvgIpc) is 2.43.